The highest BCUT2D eigenvalue weighted by Crippen LogP contribution is 2.18. The lowest BCUT2D eigenvalue weighted by Gasteiger charge is -2.09. The largest absolute Gasteiger partial charge is 0.334 e. The maximum Gasteiger partial charge on any atom is 0.321 e. The molecule has 104 valence electrons. The standard InChI is InChI=1S/C15H15ClN2O2/c1-10(16)14(19)18-15(20)17-9-12-7-4-6-11-5-2-3-8-13(11)12/h2-8,10H,9H2,1H3,(H2,17,18,19,20). The summed E-state index contributed by atoms with van der Waals surface area (Å²) in [4.78, 5) is 22.8. The van der Waals surface area contributed by atoms with Gasteiger partial charge in [0, 0.05) is 6.54 Å². The molecule has 2 N–H and O–H groups in total. The number of nitrogens with one attached hydrogen (secondary N) is 2. The Morgan fingerprint density at radius 3 is 2.60 bits per heavy atom. The number of urea groups is 1. The van der Waals surface area contributed by atoms with E-state index in [1.54, 1.807) is 0 Å². The van der Waals surface area contributed by atoms with Gasteiger partial charge >= 0.3 is 6.03 Å². The molecule has 0 saturated heterocycles. The molecule has 0 heterocycles. The molecule has 0 fully saturated rings. The molecule has 0 aliphatic carbocycles. The number of carbonyl (C=O) groups excluding carboxylic acids is 2. The molecule has 20 heavy (non-hydrogen) atoms. The van der Waals surface area contributed by atoms with Gasteiger partial charge in [-0.3, -0.25) is 10.1 Å². The van der Waals surface area contributed by atoms with Gasteiger partial charge in [-0.05, 0) is 23.3 Å². The Bertz CT molecular complexity index is 635. The molecule has 0 bridgehead atoms. The number of benzene rings is 2. The van der Waals surface area contributed by atoms with E-state index in [-0.39, 0.29) is 0 Å². The van der Waals surface area contributed by atoms with Crippen LogP contribution in [0.1, 0.15) is 12.5 Å². The van der Waals surface area contributed by atoms with Gasteiger partial charge in [-0.15, -0.1) is 11.6 Å². The number of hydrogen-bond acceptors (Lipinski definition) is 2. The van der Waals surface area contributed by atoms with Crippen LogP contribution < -0.4 is 10.6 Å². The zero-order valence-corrected chi connectivity index (χ0v) is 11.8. The first-order chi connectivity index (χ1) is 9.58. The molecule has 0 aromatic heterocycles. The topological polar surface area (TPSA) is 58.2 Å². The average molecular weight is 291 g/mol. The van der Waals surface area contributed by atoms with E-state index in [1.807, 2.05) is 42.5 Å². The zero-order valence-electron chi connectivity index (χ0n) is 11.0. The van der Waals surface area contributed by atoms with Crippen LogP contribution in [-0.2, 0) is 11.3 Å². The fraction of sp³-hybridized carbons (Fsp3) is 0.200. The summed E-state index contributed by atoms with van der Waals surface area (Å²) >= 11 is 5.58. The number of hydrogen-bond donors (Lipinski definition) is 2. The van der Waals surface area contributed by atoms with Gasteiger partial charge in [0.2, 0.25) is 5.91 Å². The van der Waals surface area contributed by atoms with Crippen LogP contribution >= 0.6 is 11.6 Å². The van der Waals surface area contributed by atoms with Crippen LogP contribution in [0, 0.1) is 0 Å². The Kier molecular flexibility index (Phi) is 4.58. The molecule has 0 spiro atoms. The summed E-state index contributed by atoms with van der Waals surface area (Å²) in [7, 11) is 0. The molecule has 2 aromatic rings. The lowest BCUT2D eigenvalue weighted by molar-refractivity contribution is -0.119. The third-order valence-corrected chi connectivity index (χ3v) is 3.12. The van der Waals surface area contributed by atoms with E-state index in [9.17, 15) is 9.59 Å². The van der Waals surface area contributed by atoms with E-state index >= 15 is 0 Å². The Labute approximate surface area is 122 Å². The number of amides is 3. The molecule has 5 heteroatoms. The van der Waals surface area contributed by atoms with Crippen molar-refractivity contribution in [3.8, 4) is 0 Å². The minimum absolute atomic E-state index is 0.344. The van der Waals surface area contributed by atoms with Crippen molar-refractivity contribution in [3.05, 3.63) is 48.0 Å². The summed E-state index contributed by atoms with van der Waals surface area (Å²) < 4.78 is 0. The number of alkyl halides is 1. The summed E-state index contributed by atoms with van der Waals surface area (Å²) in [5.41, 5.74) is 0.990. The molecule has 1 atom stereocenters. The molecule has 2 aromatic carbocycles. The first-order valence-corrected chi connectivity index (χ1v) is 6.71. The highest BCUT2D eigenvalue weighted by molar-refractivity contribution is 6.31. The van der Waals surface area contributed by atoms with Crippen molar-refractivity contribution >= 4 is 34.3 Å². The smallest absolute Gasteiger partial charge is 0.321 e. The summed E-state index contributed by atoms with van der Waals surface area (Å²) in [5, 5.41) is 6.27. The van der Waals surface area contributed by atoms with Gasteiger partial charge in [-0.2, -0.15) is 0 Å². The normalized spacial score (nSPS) is 11.9. The fourth-order valence-electron chi connectivity index (χ4n) is 1.88. The summed E-state index contributed by atoms with van der Waals surface area (Å²) in [6, 6.07) is 13.3. The highest BCUT2D eigenvalue weighted by Gasteiger charge is 2.12. The lowest BCUT2D eigenvalue weighted by Crippen LogP contribution is -2.41. The molecule has 4 nitrogen and oxygen atoms in total. The molecule has 0 radical (unpaired) electrons. The third kappa shape index (κ3) is 3.48. The average Bonchev–Trinajstić information content (AvgIpc) is 2.44. The van der Waals surface area contributed by atoms with Crippen LogP contribution in [0.4, 0.5) is 4.79 Å². The van der Waals surface area contributed by atoms with Crippen LogP contribution in [0.5, 0.6) is 0 Å². The van der Waals surface area contributed by atoms with Gasteiger partial charge < -0.3 is 5.32 Å². The van der Waals surface area contributed by atoms with Crippen LogP contribution in [0.25, 0.3) is 10.8 Å². The number of rotatable bonds is 3. The van der Waals surface area contributed by atoms with Crippen molar-refractivity contribution in [3.63, 3.8) is 0 Å². The second kappa shape index (κ2) is 6.39. The van der Waals surface area contributed by atoms with Gasteiger partial charge in [0.05, 0.1) is 0 Å². The summed E-state index contributed by atoms with van der Waals surface area (Å²) in [6.07, 6.45) is 0. The predicted molar refractivity (Wildman–Crippen MR) is 79.6 cm³/mol. The van der Waals surface area contributed by atoms with E-state index in [0.29, 0.717) is 6.54 Å². The minimum Gasteiger partial charge on any atom is -0.334 e. The number of halogens is 1. The second-order valence-corrected chi connectivity index (χ2v) is 5.08. The van der Waals surface area contributed by atoms with Gasteiger partial charge in [-0.25, -0.2) is 4.79 Å². The van der Waals surface area contributed by atoms with Crippen molar-refractivity contribution in [2.45, 2.75) is 18.8 Å². The summed E-state index contributed by atoms with van der Waals surface area (Å²) in [5.74, 6) is -0.512. The molecule has 2 rings (SSSR count). The molecule has 1 unspecified atom stereocenters. The lowest BCUT2D eigenvalue weighted by atomic mass is 10.0. The Morgan fingerprint density at radius 2 is 1.85 bits per heavy atom. The van der Waals surface area contributed by atoms with Crippen molar-refractivity contribution < 1.29 is 9.59 Å². The number of fused-ring (bicyclic) bond motifs is 1. The number of imide groups is 1. The van der Waals surface area contributed by atoms with Crippen molar-refractivity contribution in [1.82, 2.24) is 10.6 Å². The second-order valence-electron chi connectivity index (χ2n) is 4.43. The monoisotopic (exact) mass is 290 g/mol. The molecule has 0 aliphatic rings. The maximum absolute atomic E-state index is 11.6. The molecule has 0 aliphatic heterocycles. The Hall–Kier alpha value is -2.07. The van der Waals surface area contributed by atoms with Gasteiger partial charge in [0.25, 0.3) is 0 Å². The van der Waals surface area contributed by atoms with Crippen molar-refractivity contribution in [2.75, 3.05) is 0 Å². The van der Waals surface area contributed by atoms with Gasteiger partial charge in [-0.1, -0.05) is 42.5 Å². The highest BCUT2D eigenvalue weighted by atomic mass is 35.5. The van der Waals surface area contributed by atoms with E-state index < -0.39 is 17.3 Å². The zero-order chi connectivity index (χ0) is 14.5. The molecular weight excluding hydrogens is 276 g/mol. The third-order valence-electron chi connectivity index (χ3n) is 2.92. The quantitative estimate of drug-likeness (QED) is 0.854. The van der Waals surface area contributed by atoms with E-state index in [2.05, 4.69) is 10.6 Å². The van der Waals surface area contributed by atoms with Gasteiger partial charge in [0.15, 0.2) is 0 Å². The fourth-order valence-corrected chi connectivity index (χ4v) is 1.93. The SMILES string of the molecule is CC(Cl)C(=O)NC(=O)NCc1cccc2ccccc12. The van der Waals surface area contributed by atoms with E-state index in [1.165, 1.54) is 6.92 Å². The summed E-state index contributed by atoms with van der Waals surface area (Å²) in [6.45, 7) is 1.85. The van der Waals surface area contributed by atoms with Crippen LogP contribution in [0.15, 0.2) is 42.5 Å². The van der Waals surface area contributed by atoms with Gasteiger partial charge in [0.1, 0.15) is 5.38 Å². The Morgan fingerprint density at radius 1 is 1.15 bits per heavy atom. The predicted octanol–water partition coefficient (Wildman–Crippen LogP) is 2.79. The van der Waals surface area contributed by atoms with Crippen LogP contribution in [0.3, 0.4) is 0 Å². The maximum atomic E-state index is 11.6. The first kappa shape index (κ1) is 14.3. The number of carbonyl (C=O) groups is 2. The first-order valence-electron chi connectivity index (χ1n) is 6.27. The van der Waals surface area contributed by atoms with Crippen LogP contribution in [-0.4, -0.2) is 17.3 Å². The molecular formula is C15H15ClN2O2. The van der Waals surface area contributed by atoms with E-state index in [0.717, 1.165) is 16.3 Å². The molecule has 0 saturated carbocycles. The van der Waals surface area contributed by atoms with E-state index in [4.69, 9.17) is 11.6 Å². The molecule has 3 amide bonds. The Balaban J connectivity index is 2.03. The van der Waals surface area contributed by atoms with Crippen molar-refractivity contribution in [1.29, 1.82) is 0 Å². The minimum atomic E-state index is -0.738. The van der Waals surface area contributed by atoms with Crippen molar-refractivity contribution in [2.24, 2.45) is 0 Å². The van der Waals surface area contributed by atoms with Crippen LogP contribution in [0.2, 0.25) is 0 Å².